The van der Waals surface area contributed by atoms with E-state index in [0.29, 0.717) is 28.3 Å². The minimum absolute atomic E-state index is 0.127. The van der Waals surface area contributed by atoms with Gasteiger partial charge in [0.1, 0.15) is 17.4 Å². The maximum atomic E-state index is 12.6. The van der Waals surface area contributed by atoms with E-state index in [0.717, 1.165) is 32.2 Å². The first-order valence-corrected chi connectivity index (χ1v) is 13.5. The van der Waals surface area contributed by atoms with E-state index in [1.54, 1.807) is 17.5 Å². The molecule has 2 aliphatic rings. The van der Waals surface area contributed by atoms with Crippen LogP contribution in [0.15, 0.2) is 49.8 Å². The predicted octanol–water partition coefficient (Wildman–Crippen LogP) is 2.89. The van der Waals surface area contributed by atoms with Crippen molar-refractivity contribution in [3.63, 3.8) is 0 Å². The molecule has 1 saturated heterocycles. The molecule has 0 aliphatic carbocycles. The second kappa shape index (κ2) is 9.14. The zero-order valence-electron chi connectivity index (χ0n) is 18.2. The Bertz CT molecular complexity index is 1160. The van der Waals surface area contributed by atoms with E-state index in [4.69, 9.17) is 9.26 Å². The summed E-state index contributed by atoms with van der Waals surface area (Å²) in [4.78, 5) is 11.3. The third kappa shape index (κ3) is 5.09. The van der Waals surface area contributed by atoms with Crippen molar-refractivity contribution in [1.29, 1.82) is 0 Å². The van der Waals surface area contributed by atoms with Gasteiger partial charge in [0.05, 0.1) is 21.4 Å². The third-order valence-electron chi connectivity index (χ3n) is 5.40. The molecule has 3 heterocycles. The Hall–Kier alpha value is -2.53. The second-order valence-corrected chi connectivity index (χ2v) is 11.5. The van der Waals surface area contributed by atoms with Gasteiger partial charge in [0.25, 0.3) is 0 Å². The van der Waals surface area contributed by atoms with Gasteiger partial charge in [-0.15, -0.1) is 0 Å². The van der Waals surface area contributed by atoms with Crippen LogP contribution in [0.5, 0.6) is 5.75 Å². The number of nitrogens with zero attached hydrogens (tertiary/aromatic N) is 4. The van der Waals surface area contributed by atoms with Crippen LogP contribution in [-0.4, -0.2) is 53.8 Å². The zero-order valence-corrected chi connectivity index (χ0v) is 19.9. The molecule has 0 radical (unpaired) electrons. The minimum Gasteiger partial charge on any atom is -0.487 e. The molecule has 1 aromatic carbocycles. The van der Waals surface area contributed by atoms with Crippen molar-refractivity contribution in [3.05, 3.63) is 41.2 Å². The molecule has 4 rings (SSSR count). The van der Waals surface area contributed by atoms with Gasteiger partial charge in [-0.3, -0.25) is 0 Å². The molecule has 11 heteroatoms. The third-order valence-corrected chi connectivity index (χ3v) is 7.86. The lowest BCUT2D eigenvalue weighted by molar-refractivity contribution is 0.351. The highest BCUT2D eigenvalue weighted by Crippen LogP contribution is 2.28. The average molecular weight is 479 g/mol. The molecule has 32 heavy (non-hydrogen) atoms. The Labute approximate surface area is 189 Å². The predicted molar refractivity (Wildman–Crippen MR) is 122 cm³/mol. The summed E-state index contributed by atoms with van der Waals surface area (Å²) in [5.74, 6) is 1.57. The summed E-state index contributed by atoms with van der Waals surface area (Å²) in [5, 5.41) is 6.33. The number of rotatable bonds is 7. The first-order valence-electron chi connectivity index (χ1n) is 10.4. The highest BCUT2D eigenvalue weighted by atomic mass is 32.2. The van der Waals surface area contributed by atoms with Crippen LogP contribution < -0.4 is 9.64 Å². The molecule has 0 N–H and O–H groups in total. The van der Waals surface area contributed by atoms with E-state index >= 15 is 0 Å². The van der Waals surface area contributed by atoms with Crippen molar-refractivity contribution in [1.82, 2.24) is 10.1 Å². The molecule has 0 amide bonds. The molecule has 1 atom stereocenters. The van der Waals surface area contributed by atoms with Crippen LogP contribution >= 0.6 is 0 Å². The number of aliphatic imine (C=N–C) groups is 1. The summed E-state index contributed by atoms with van der Waals surface area (Å²) < 4.78 is 46.8. The lowest BCUT2D eigenvalue weighted by atomic mass is 9.98. The molecule has 1 fully saturated rings. The van der Waals surface area contributed by atoms with Gasteiger partial charge in [-0.05, 0) is 37.1 Å². The van der Waals surface area contributed by atoms with Crippen LogP contribution in [0.3, 0.4) is 0 Å². The molecular weight excluding hydrogens is 452 g/mol. The van der Waals surface area contributed by atoms with Gasteiger partial charge < -0.3 is 14.2 Å². The van der Waals surface area contributed by atoms with Gasteiger partial charge >= 0.3 is 6.01 Å². The summed E-state index contributed by atoms with van der Waals surface area (Å²) in [7, 11) is -4.51. The molecule has 2 aliphatic heterocycles. The summed E-state index contributed by atoms with van der Waals surface area (Å²) in [6.45, 7) is 5.69. The first-order chi connectivity index (χ1) is 15.2. The normalized spacial score (nSPS) is 19.9. The zero-order chi connectivity index (χ0) is 22.9. The maximum Gasteiger partial charge on any atom is 0.324 e. The number of anilines is 1. The number of hydrogen-bond acceptors (Lipinski definition) is 9. The largest absolute Gasteiger partial charge is 0.487 e. The topological polar surface area (TPSA) is 115 Å². The Morgan fingerprint density at radius 1 is 1.22 bits per heavy atom. The Morgan fingerprint density at radius 3 is 2.50 bits per heavy atom. The van der Waals surface area contributed by atoms with Crippen LogP contribution in [0, 0.1) is 5.92 Å². The van der Waals surface area contributed by atoms with E-state index in [-0.39, 0.29) is 23.3 Å². The smallest absolute Gasteiger partial charge is 0.324 e. The lowest BCUT2D eigenvalue weighted by Crippen LogP contribution is -2.37. The van der Waals surface area contributed by atoms with Crippen LogP contribution in [0.25, 0.3) is 0 Å². The van der Waals surface area contributed by atoms with E-state index in [9.17, 15) is 12.6 Å². The summed E-state index contributed by atoms with van der Waals surface area (Å²) in [6.07, 6.45) is 2.77. The van der Waals surface area contributed by atoms with E-state index in [1.807, 2.05) is 13.8 Å². The molecular formula is C21H26N4O5S2. The Balaban J connectivity index is 1.32. The molecule has 0 saturated carbocycles. The second-order valence-electron chi connectivity index (χ2n) is 8.24. The fourth-order valence-electron chi connectivity index (χ4n) is 3.57. The standard InChI is InChI=1S/C21H26N4O5S2/c1-14(2)19-23-21(30-24-19)25-10-8-15(9-11-25)20-22-16(13-31(20)26)12-29-17-4-6-18(7-5-17)32(3,27)28/h4-7,13-15H,8-12H2,1-3H3. The van der Waals surface area contributed by atoms with E-state index in [1.165, 1.54) is 12.1 Å². The average Bonchev–Trinajstić information content (AvgIpc) is 3.39. The quantitative estimate of drug-likeness (QED) is 0.597. The number of aromatic nitrogens is 2. The van der Waals surface area contributed by atoms with Crippen molar-refractivity contribution >= 4 is 31.7 Å². The molecule has 2 aromatic rings. The molecule has 9 nitrogen and oxygen atoms in total. The number of ether oxygens (including phenoxy) is 1. The van der Waals surface area contributed by atoms with Gasteiger partial charge in [-0.2, -0.15) is 4.98 Å². The van der Waals surface area contributed by atoms with Crippen molar-refractivity contribution in [2.24, 2.45) is 10.9 Å². The van der Waals surface area contributed by atoms with Crippen molar-refractivity contribution < 1.29 is 21.9 Å². The SMILES string of the molecule is CC(C)c1noc(N2CCC(C3=NC(COc4ccc(S(C)(=O)=O)cc4)=CS3=O)CC2)n1. The minimum atomic E-state index is -3.25. The lowest BCUT2D eigenvalue weighted by Gasteiger charge is -2.30. The number of hydrogen-bond donors (Lipinski definition) is 0. The van der Waals surface area contributed by atoms with Crippen LogP contribution in [0.1, 0.15) is 38.4 Å². The van der Waals surface area contributed by atoms with Crippen LogP contribution in [0.4, 0.5) is 6.01 Å². The Morgan fingerprint density at radius 2 is 1.91 bits per heavy atom. The van der Waals surface area contributed by atoms with Gasteiger partial charge in [-0.25, -0.2) is 17.6 Å². The molecule has 0 bridgehead atoms. The summed E-state index contributed by atoms with van der Waals surface area (Å²) >= 11 is 0. The van der Waals surface area contributed by atoms with Gasteiger partial charge in [-0.1, -0.05) is 19.0 Å². The van der Waals surface area contributed by atoms with Crippen molar-refractivity contribution in [2.45, 2.75) is 37.5 Å². The van der Waals surface area contributed by atoms with Gasteiger partial charge in [0, 0.05) is 36.6 Å². The van der Waals surface area contributed by atoms with E-state index < -0.39 is 20.6 Å². The highest BCUT2D eigenvalue weighted by molar-refractivity contribution is 8.03. The van der Waals surface area contributed by atoms with Gasteiger partial charge in [0.15, 0.2) is 15.7 Å². The maximum absolute atomic E-state index is 12.6. The molecule has 1 unspecified atom stereocenters. The molecule has 172 valence electrons. The first kappa shape index (κ1) is 22.7. The number of benzene rings is 1. The van der Waals surface area contributed by atoms with E-state index in [2.05, 4.69) is 20.0 Å². The molecule has 1 aromatic heterocycles. The summed E-state index contributed by atoms with van der Waals surface area (Å²) in [5.41, 5.74) is 0.617. The summed E-state index contributed by atoms with van der Waals surface area (Å²) in [6, 6.07) is 6.75. The van der Waals surface area contributed by atoms with Crippen LogP contribution in [-0.2, 0) is 20.6 Å². The number of piperidine rings is 1. The van der Waals surface area contributed by atoms with Crippen molar-refractivity contribution in [2.75, 3.05) is 30.9 Å². The Kier molecular flexibility index (Phi) is 6.47. The van der Waals surface area contributed by atoms with Crippen LogP contribution in [0.2, 0.25) is 0 Å². The fraction of sp³-hybridized carbons (Fsp3) is 0.476. The monoisotopic (exact) mass is 478 g/mol. The fourth-order valence-corrected chi connectivity index (χ4v) is 5.46. The molecule has 0 spiro atoms. The number of sulfone groups is 1. The van der Waals surface area contributed by atoms with Gasteiger partial charge in [0.2, 0.25) is 0 Å². The van der Waals surface area contributed by atoms with Crippen molar-refractivity contribution in [3.8, 4) is 5.75 Å². The highest BCUT2D eigenvalue weighted by Gasteiger charge is 2.31.